The second kappa shape index (κ2) is 8.50. The van der Waals surface area contributed by atoms with Crippen LogP contribution in [-0.4, -0.2) is 43.3 Å². The number of rotatable bonds is 7. The number of hydrogen-bond donors (Lipinski definition) is 0. The lowest BCUT2D eigenvalue weighted by Gasteiger charge is -2.35. The van der Waals surface area contributed by atoms with Gasteiger partial charge in [0, 0.05) is 26.3 Å². The molecule has 1 unspecified atom stereocenters. The highest BCUT2D eigenvalue weighted by Gasteiger charge is 2.24. The van der Waals surface area contributed by atoms with Crippen LogP contribution in [0.5, 0.6) is 5.75 Å². The molecule has 0 N–H and O–H groups in total. The lowest BCUT2D eigenvalue weighted by atomic mass is 9.99. The number of aromatic nitrogens is 1. The van der Waals surface area contributed by atoms with E-state index in [9.17, 15) is 0 Å². The molecular formula is C20H28N2O3. The maximum Gasteiger partial charge on any atom is 0.230 e. The Hall–Kier alpha value is -1.85. The number of ether oxygens (including phenoxy) is 2. The number of methoxy groups -OCH3 is 2. The van der Waals surface area contributed by atoms with Crippen LogP contribution < -0.4 is 4.74 Å². The van der Waals surface area contributed by atoms with Gasteiger partial charge in [0.2, 0.25) is 5.89 Å². The van der Waals surface area contributed by atoms with E-state index in [0.717, 1.165) is 48.9 Å². The SMILES string of the molecule is COCCC1CCCCN1Cc1nc(-c2ccccc2OC)oc1C. The van der Waals surface area contributed by atoms with E-state index in [1.807, 2.05) is 31.2 Å². The Labute approximate surface area is 149 Å². The molecule has 1 atom stereocenters. The van der Waals surface area contributed by atoms with E-state index >= 15 is 0 Å². The van der Waals surface area contributed by atoms with Crippen molar-refractivity contribution in [3.8, 4) is 17.2 Å². The Bertz CT molecular complexity index is 683. The fraction of sp³-hybridized carbons (Fsp3) is 0.550. The van der Waals surface area contributed by atoms with Crippen LogP contribution in [-0.2, 0) is 11.3 Å². The quantitative estimate of drug-likeness (QED) is 0.758. The Morgan fingerprint density at radius 2 is 2.08 bits per heavy atom. The Morgan fingerprint density at radius 3 is 2.88 bits per heavy atom. The summed E-state index contributed by atoms with van der Waals surface area (Å²) in [6, 6.07) is 8.41. The lowest BCUT2D eigenvalue weighted by Crippen LogP contribution is -2.39. The second-order valence-electron chi connectivity index (χ2n) is 6.62. The van der Waals surface area contributed by atoms with Gasteiger partial charge in [0.15, 0.2) is 0 Å². The molecule has 2 heterocycles. The number of aryl methyl sites for hydroxylation is 1. The minimum atomic E-state index is 0.569. The van der Waals surface area contributed by atoms with Gasteiger partial charge < -0.3 is 13.9 Å². The van der Waals surface area contributed by atoms with E-state index in [1.54, 1.807) is 14.2 Å². The molecule has 1 aromatic heterocycles. The molecule has 1 fully saturated rings. The summed E-state index contributed by atoms with van der Waals surface area (Å²) >= 11 is 0. The van der Waals surface area contributed by atoms with Crippen molar-refractivity contribution >= 4 is 0 Å². The first-order valence-corrected chi connectivity index (χ1v) is 9.05. The molecule has 5 nitrogen and oxygen atoms in total. The van der Waals surface area contributed by atoms with Gasteiger partial charge in [-0.1, -0.05) is 18.6 Å². The number of para-hydroxylation sites is 1. The van der Waals surface area contributed by atoms with Crippen molar-refractivity contribution in [2.45, 2.75) is 45.2 Å². The largest absolute Gasteiger partial charge is 0.496 e. The van der Waals surface area contributed by atoms with Crippen molar-refractivity contribution in [3.05, 3.63) is 35.7 Å². The van der Waals surface area contributed by atoms with Gasteiger partial charge in [-0.05, 0) is 44.9 Å². The summed E-state index contributed by atoms with van der Waals surface area (Å²) in [6.45, 7) is 4.75. The van der Waals surface area contributed by atoms with Gasteiger partial charge in [-0.3, -0.25) is 4.90 Å². The van der Waals surface area contributed by atoms with E-state index in [4.69, 9.17) is 18.9 Å². The van der Waals surface area contributed by atoms with Gasteiger partial charge in [0.25, 0.3) is 0 Å². The molecule has 25 heavy (non-hydrogen) atoms. The van der Waals surface area contributed by atoms with Gasteiger partial charge in [-0.15, -0.1) is 0 Å². The first kappa shape index (κ1) is 18.0. The predicted molar refractivity (Wildman–Crippen MR) is 97.8 cm³/mol. The Balaban J connectivity index is 1.78. The normalized spacial score (nSPS) is 18.4. The van der Waals surface area contributed by atoms with Crippen molar-refractivity contribution in [2.75, 3.05) is 27.4 Å². The fourth-order valence-electron chi connectivity index (χ4n) is 3.55. The van der Waals surface area contributed by atoms with Crippen molar-refractivity contribution in [3.63, 3.8) is 0 Å². The van der Waals surface area contributed by atoms with Gasteiger partial charge in [-0.25, -0.2) is 4.98 Å². The Morgan fingerprint density at radius 1 is 1.24 bits per heavy atom. The number of piperidine rings is 1. The standard InChI is InChI=1S/C20H28N2O3/c1-15-18(14-22-12-7-6-8-16(22)11-13-23-2)21-20(25-15)17-9-4-5-10-19(17)24-3/h4-5,9-10,16H,6-8,11-14H2,1-3H3. The van der Waals surface area contributed by atoms with Crippen LogP contribution in [0, 0.1) is 6.92 Å². The van der Waals surface area contributed by atoms with Gasteiger partial charge in [0.05, 0.1) is 18.4 Å². The van der Waals surface area contributed by atoms with E-state index in [0.29, 0.717) is 11.9 Å². The summed E-state index contributed by atoms with van der Waals surface area (Å²) in [5.41, 5.74) is 1.92. The predicted octanol–water partition coefficient (Wildman–Crippen LogP) is 4.05. The highest BCUT2D eigenvalue weighted by atomic mass is 16.5. The third-order valence-electron chi connectivity index (χ3n) is 4.99. The average molecular weight is 344 g/mol. The smallest absolute Gasteiger partial charge is 0.230 e. The maximum atomic E-state index is 5.96. The highest BCUT2D eigenvalue weighted by Crippen LogP contribution is 2.31. The lowest BCUT2D eigenvalue weighted by molar-refractivity contribution is 0.0961. The van der Waals surface area contributed by atoms with Crippen LogP contribution in [0.4, 0.5) is 0 Å². The van der Waals surface area contributed by atoms with Crippen LogP contribution in [0.3, 0.4) is 0 Å². The zero-order valence-corrected chi connectivity index (χ0v) is 15.5. The molecule has 0 saturated carbocycles. The summed E-state index contributed by atoms with van der Waals surface area (Å²) in [5, 5.41) is 0. The van der Waals surface area contributed by atoms with E-state index < -0.39 is 0 Å². The summed E-state index contributed by atoms with van der Waals surface area (Å²) in [7, 11) is 3.44. The number of hydrogen-bond acceptors (Lipinski definition) is 5. The van der Waals surface area contributed by atoms with Crippen molar-refractivity contribution in [2.24, 2.45) is 0 Å². The molecule has 1 aliphatic heterocycles. The van der Waals surface area contributed by atoms with Gasteiger partial charge in [0.1, 0.15) is 11.5 Å². The Kier molecular flexibility index (Phi) is 6.10. The van der Waals surface area contributed by atoms with E-state index in [2.05, 4.69) is 4.90 Å². The topological polar surface area (TPSA) is 47.7 Å². The molecule has 136 valence electrons. The van der Waals surface area contributed by atoms with Gasteiger partial charge >= 0.3 is 0 Å². The third kappa shape index (κ3) is 4.22. The van der Waals surface area contributed by atoms with Crippen LogP contribution >= 0.6 is 0 Å². The highest BCUT2D eigenvalue weighted by molar-refractivity contribution is 5.62. The first-order chi connectivity index (χ1) is 12.2. The van der Waals surface area contributed by atoms with E-state index in [-0.39, 0.29) is 0 Å². The van der Waals surface area contributed by atoms with Crippen LogP contribution in [0.15, 0.2) is 28.7 Å². The monoisotopic (exact) mass is 344 g/mol. The number of likely N-dealkylation sites (tertiary alicyclic amines) is 1. The molecule has 1 saturated heterocycles. The first-order valence-electron chi connectivity index (χ1n) is 9.05. The van der Waals surface area contributed by atoms with E-state index in [1.165, 1.54) is 19.3 Å². The molecular weight excluding hydrogens is 316 g/mol. The average Bonchev–Trinajstić information content (AvgIpc) is 3.01. The maximum absolute atomic E-state index is 5.96. The number of nitrogens with zero attached hydrogens (tertiary/aromatic N) is 2. The van der Waals surface area contributed by atoms with Crippen molar-refractivity contribution < 1.29 is 13.9 Å². The second-order valence-corrected chi connectivity index (χ2v) is 6.62. The van der Waals surface area contributed by atoms with Gasteiger partial charge in [-0.2, -0.15) is 0 Å². The molecule has 0 aliphatic carbocycles. The molecule has 0 amide bonds. The van der Waals surface area contributed by atoms with Crippen molar-refractivity contribution in [1.82, 2.24) is 9.88 Å². The van der Waals surface area contributed by atoms with Crippen LogP contribution in [0.1, 0.15) is 37.1 Å². The number of benzene rings is 1. The zero-order chi connectivity index (χ0) is 17.6. The van der Waals surface area contributed by atoms with Crippen molar-refractivity contribution in [1.29, 1.82) is 0 Å². The molecule has 2 aromatic rings. The summed E-state index contributed by atoms with van der Waals surface area (Å²) in [5.74, 6) is 2.30. The third-order valence-corrected chi connectivity index (χ3v) is 4.99. The molecule has 0 radical (unpaired) electrons. The van der Waals surface area contributed by atoms with Crippen LogP contribution in [0.25, 0.3) is 11.5 Å². The zero-order valence-electron chi connectivity index (χ0n) is 15.5. The minimum absolute atomic E-state index is 0.569. The molecule has 0 bridgehead atoms. The molecule has 1 aliphatic rings. The molecule has 1 aromatic carbocycles. The van der Waals surface area contributed by atoms with Crippen LogP contribution in [0.2, 0.25) is 0 Å². The summed E-state index contributed by atoms with van der Waals surface area (Å²) in [6.07, 6.45) is 4.86. The molecule has 5 heteroatoms. The minimum Gasteiger partial charge on any atom is -0.496 e. The summed E-state index contributed by atoms with van der Waals surface area (Å²) < 4.78 is 16.7. The number of oxazole rings is 1. The molecule has 0 spiro atoms. The fourth-order valence-corrected chi connectivity index (χ4v) is 3.55. The molecule has 3 rings (SSSR count). The summed E-state index contributed by atoms with van der Waals surface area (Å²) in [4.78, 5) is 7.31.